The zero-order valence-corrected chi connectivity index (χ0v) is 18.3. The van der Waals surface area contributed by atoms with Crippen molar-refractivity contribution in [3.63, 3.8) is 0 Å². The molecule has 2 aromatic carbocycles. The van der Waals surface area contributed by atoms with E-state index in [0.29, 0.717) is 50.7 Å². The minimum absolute atomic E-state index is 0.316. The first-order valence-corrected chi connectivity index (χ1v) is 12.0. The lowest BCUT2D eigenvalue weighted by atomic mass is 10.1. The average molecular weight is 468 g/mol. The van der Waals surface area contributed by atoms with Gasteiger partial charge < -0.3 is 0 Å². The first kappa shape index (κ1) is 20.2. The van der Waals surface area contributed by atoms with Gasteiger partial charge in [-0.1, -0.05) is 23.2 Å². The van der Waals surface area contributed by atoms with Crippen LogP contribution in [0.25, 0.3) is 11.3 Å². The number of benzene rings is 2. The van der Waals surface area contributed by atoms with Gasteiger partial charge in [0.25, 0.3) is 5.91 Å². The molecule has 1 aliphatic rings. The lowest BCUT2D eigenvalue weighted by Gasteiger charge is -2.16. The van der Waals surface area contributed by atoms with Crippen LogP contribution in [0.5, 0.6) is 0 Å². The van der Waals surface area contributed by atoms with Crippen LogP contribution in [0, 0.1) is 0 Å². The fourth-order valence-electron chi connectivity index (χ4n) is 3.18. The monoisotopic (exact) mass is 467 g/mol. The van der Waals surface area contributed by atoms with E-state index in [4.69, 9.17) is 23.2 Å². The quantitative estimate of drug-likeness (QED) is 0.603. The minimum atomic E-state index is -3.32. The molecule has 0 bridgehead atoms. The summed E-state index contributed by atoms with van der Waals surface area (Å²) in [6.07, 6.45) is 1.74. The van der Waals surface area contributed by atoms with Gasteiger partial charge in [0.1, 0.15) is 0 Å². The summed E-state index contributed by atoms with van der Waals surface area (Å²) in [5.74, 6) is -0.316. The summed E-state index contributed by atoms with van der Waals surface area (Å²) in [6, 6.07) is 10.1. The van der Waals surface area contributed by atoms with E-state index in [1.54, 1.807) is 41.8 Å². The molecule has 0 atom stereocenters. The number of rotatable bonds is 4. The molecule has 0 fully saturated rings. The van der Waals surface area contributed by atoms with Crippen molar-refractivity contribution in [2.24, 2.45) is 0 Å². The van der Waals surface area contributed by atoms with Crippen LogP contribution in [0.15, 0.2) is 41.8 Å². The largest absolute Gasteiger partial charge is 0.298 e. The molecule has 0 radical (unpaired) electrons. The molecule has 0 saturated carbocycles. The first-order chi connectivity index (χ1) is 13.7. The summed E-state index contributed by atoms with van der Waals surface area (Å²) in [4.78, 5) is 17.1. The first-order valence-electron chi connectivity index (χ1n) is 8.55. The van der Waals surface area contributed by atoms with Crippen LogP contribution in [-0.4, -0.2) is 32.1 Å². The third-order valence-corrected chi connectivity index (χ3v) is 7.03. The fourth-order valence-corrected chi connectivity index (χ4v) is 5.23. The van der Waals surface area contributed by atoms with Crippen LogP contribution in [0.4, 0.5) is 10.8 Å². The molecule has 2 heterocycles. The van der Waals surface area contributed by atoms with E-state index in [9.17, 15) is 13.2 Å². The van der Waals surface area contributed by atoms with Crippen molar-refractivity contribution in [3.8, 4) is 11.3 Å². The molecule has 0 spiro atoms. The third-order valence-electron chi connectivity index (χ3n) is 4.52. The molecule has 6 nitrogen and oxygen atoms in total. The van der Waals surface area contributed by atoms with Crippen LogP contribution in [0.2, 0.25) is 10.0 Å². The van der Waals surface area contributed by atoms with Crippen molar-refractivity contribution < 1.29 is 13.2 Å². The van der Waals surface area contributed by atoms with Gasteiger partial charge in [-0.2, -0.15) is 0 Å². The van der Waals surface area contributed by atoms with Gasteiger partial charge in [-0.25, -0.2) is 13.4 Å². The van der Waals surface area contributed by atoms with Crippen LogP contribution in [-0.2, 0) is 16.4 Å². The van der Waals surface area contributed by atoms with Gasteiger partial charge in [-0.3, -0.25) is 14.4 Å². The van der Waals surface area contributed by atoms with E-state index in [1.807, 2.05) is 0 Å². The number of sulfonamides is 1. The van der Waals surface area contributed by atoms with Gasteiger partial charge in [-0.05, 0) is 48.4 Å². The number of thiazole rings is 1. The van der Waals surface area contributed by atoms with Gasteiger partial charge in [0.15, 0.2) is 5.13 Å². The number of carbonyl (C=O) groups excluding carboxylic acids is 1. The normalized spacial score (nSPS) is 13.4. The molecular formula is C19H15Cl2N3O3S2. The van der Waals surface area contributed by atoms with E-state index in [-0.39, 0.29) is 5.91 Å². The number of fused-ring (bicyclic) bond motifs is 1. The molecule has 1 aromatic heterocycles. The predicted molar refractivity (Wildman–Crippen MR) is 118 cm³/mol. The Morgan fingerprint density at radius 3 is 2.76 bits per heavy atom. The van der Waals surface area contributed by atoms with Crippen molar-refractivity contribution in [2.75, 3.05) is 22.4 Å². The highest BCUT2D eigenvalue weighted by Crippen LogP contribution is 2.33. The Morgan fingerprint density at radius 1 is 1.21 bits per heavy atom. The summed E-state index contributed by atoms with van der Waals surface area (Å²) in [5, 5.41) is 6.06. The Bertz CT molecular complexity index is 1230. The summed E-state index contributed by atoms with van der Waals surface area (Å²) < 4.78 is 25.0. The summed E-state index contributed by atoms with van der Waals surface area (Å²) in [5.41, 5.74) is 3.20. The second-order valence-corrected chi connectivity index (χ2v) is 10.2. The number of nitrogens with one attached hydrogen (secondary N) is 1. The third kappa shape index (κ3) is 4.11. The summed E-state index contributed by atoms with van der Waals surface area (Å²) in [6.45, 7) is 0.384. The fraction of sp³-hybridized carbons (Fsp3) is 0.158. The van der Waals surface area contributed by atoms with Gasteiger partial charge in [-0.15, -0.1) is 11.3 Å². The molecule has 1 amide bonds. The zero-order valence-electron chi connectivity index (χ0n) is 15.1. The number of anilines is 2. The molecule has 1 N–H and O–H groups in total. The second kappa shape index (κ2) is 7.60. The Morgan fingerprint density at radius 2 is 2.00 bits per heavy atom. The second-order valence-electron chi connectivity index (χ2n) is 6.54. The van der Waals surface area contributed by atoms with E-state index in [1.165, 1.54) is 21.9 Å². The molecule has 10 heteroatoms. The smallest absolute Gasteiger partial charge is 0.257 e. The Hall–Kier alpha value is -2.13. The molecule has 4 rings (SSSR count). The van der Waals surface area contributed by atoms with Crippen molar-refractivity contribution in [1.29, 1.82) is 0 Å². The van der Waals surface area contributed by atoms with Crippen molar-refractivity contribution >= 4 is 61.3 Å². The van der Waals surface area contributed by atoms with Gasteiger partial charge in [0.2, 0.25) is 10.0 Å². The number of hydrogen-bond acceptors (Lipinski definition) is 5. The number of carbonyl (C=O) groups is 1. The summed E-state index contributed by atoms with van der Waals surface area (Å²) >= 11 is 13.5. The number of halogens is 2. The standard InChI is InChI=1S/C19H15Cl2N3O3S2/c1-29(26,27)24-7-6-11-8-12(2-5-17(11)24)18(25)23-19-22-16(10-28-19)14-9-13(20)3-4-15(14)21/h2-5,8-10H,6-7H2,1H3,(H,22,23,25). The van der Waals surface area contributed by atoms with Gasteiger partial charge in [0.05, 0.1) is 22.7 Å². The van der Waals surface area contributed by atoms with Crippen LogP contribution in [0.3, 0.4) is 0 Å². The molecule has 0 aliphatic carbocycles. The maximum Gasteiger partial charge on any atom is 0.257 e. The Balaban J connectivity index is 1.54. The highest BCUT2D eigenvalue weighted by Gasteiger charge is 2.26. The number of nitrogens with zero attached hydrogens (tertiary/aromatic N) is 2. The summed E-state index contributed by atoms with van der Waals surface area (Å²) in [7, 11) is -3.32. The average Bonchev–Trinajstić information content (AvgIpc) is 3.29. The maximum absolute atomic E-state index is 12.6. The molecule has 3 aromatic rings. The minimum Gasteiger partial charge on any atom is -0.298 e. The lowest BCUT2D eigenvalue weighted by molar-refractivity contribution is 0.102. The molecule has 150 valence electrons. The maximum atomic E-state index is 12.6. The van der Waals surface area contributed by atoms with Gasteiger partial charge >= 0.3 is 0 Å². The molecular weight excluding hydrogens is 453 g/mol. The van der Waals surface area contributed by atoms with Crippen LogP contribution < -0.4 is 9.62 Å². The number of aromatic nitrogens is 1. The lowest BCUT2D eigenvalue weighted by Crippen LogP contribution is -2.27. The van der Waals surface area contributed by atoms with Crippen LogP contribution in [0.1, 0.15) is 15.9 Å². The van der Waals surface area contributed by atoms with E-state index < -0.39 is 10.0 Å². The highest BCUT2D eigenvalue weighted by molar-refractivity contribution is 7.92. The predicted octanol–water partition coefficient (Wildman–Crippen LogP) is 4.69. The Kier molecular flexibility index (Phi) is 5.29. The highest BCUT2D eigenvalue weighted by atomic mass is 35.5. The number of amides is 1. The van der Waals surface area contributed by atoms with Crippen molar-refractivity contribution in [1.82, 2.24) is 4.98 Å². The topological polar surface area (TPSA) is 79.4 Å². The van der Waals surface area contributed by atoms with Crippen molar-refractivity contribution in [3.05, 3.63) is 63.0 Å². The SMILES string of the molecule is CS(=O)(=O)N1CCc2cc(C(=O)Nc3nc(-c4cc(Cl)ccc4Cl)cs3)ccc21. The zero-order chi connectivity index (χ0) is 20.8. The van der Waals surface area contributed by atoms with Crippen LogP contribution >= 0.6 is 34.5 Å². The molecule has 29 heavy (non-hydrogen) atoms. The molecule has 0 unspecified atom stereocenters. The van der Waals surface area contributed by atoms with Gasteiger partial charge in [0, 0.05) is 28.1 Å². The van der Waals surface area contributed by atoms with E-state index in [0.717, 1.165) is 5.56 Å². The number of hydrogen-bond donors (Lipinski definition) is 1. The van der Waals surface area contributed by atoms with E-state index >= 15 is 0 Å². The molecule has 1 aliphatic heterocycles. The van der Waals surface area contributed by atoms with E-state index in [2.05, 4.69) is 10.3 Å². The molecule has 0 saturated heterocycles. The Labute approximate surface area is 182 Å². The van der Waals surface area contributed by atoms with Crippen molar-refractivity contribution in [2.45, 2.75) is 6.42 Å².